The minimum absolute atomic E-state index is 0.472. The van der Waals surface area contributed by atoms with Gasteiger partial charge in [-0.2, -0.15) is 0 Å². The van der Waals surface area contributed by atoms with Crippen molar-refractivity contribution in [1.29, 1.82) is 0 Å². The third kappa shape index (κ3) is 5.20. The van der Waals surface area contributed by atoms with Gasteiger partial charge in [-0.05, 0) is 34.0 Å². The fraction of sp³-hybridized carbons (Fsp3) is 0.571. The molecule has 1 rings (SSSR count). The van der Waals surface area contributed by atoms with E-state index in [4.69, 9.17) is 4.74 Å². The first-order chi connectivity index (χ1) is 8.13. The molecule has 1 aromatic rings. The van der Waals surface area contributed by atoms with Crippen LogP contribution in [0.1, 0.15) is 19.4 Å². The summed E-state index contributed by atoms with van der Waals surface area (Å²) in [6.45, 7) is 6.81. The zero-order chi connectivity index (χ0) is 12.7. The Bertz CT molecular complexity index is 326. The topological polar surface area (TPSA) is 24.5 Å². The van der Waals surface area contributed by atoms with Crippen LogP contribution in [0, 0.1) is 0 Å². The molecule has 1 unspecified atom stereocenters. The first-order valence-electron chi connectivity index (χ1n) is 6.22. The lowest BCUT2D eigenvalue weighted by molar-refractivity contribution is 0.329. The Labute approximate surface area is 105 Å². The van der Waals surface area contributed by atoms with Crippen LogP contribution in [0.5, 0.6) is 5.75 Å². The van der Waals surface area contributed by atoms with Crippen LogP contribution in [0.25, 0.3) is 0 Å². The second-order valence-corrected chi connectivity index (χ2v) is 4.58. The number of hydrogen-bond donors (Lipinski definition) is 1. The molecule has 0 fully saturated rings. The lowest BCUT2D eigenvalue weighted by Crippen LogP contribution is -2.35. The molecule has 0 radical (unpaired) electrons. The molecule has 0 aliphatic carbocycles. The summed E-state index contributed by atoms with van der Waals surface area (Å²) in [5.41, 5.74) is 1.22. The standard InChI is InChI=1S/C14H24N2O/c1-5-17-14-9-7-6-8-13(14)10-15-12(2)11-16(3)4/h6-9,12,15H,5,10-11H2,1-4H3. The maximum absolute atomic E-state index is 5.60. The predicted molar refractivity (Wildman–Crippen MR) is 72.5 cm³/mol. The summed E-state index contributed by atoms with van der Waals surface area (Å²) in [5, 5.41) is 3.51. The van der Waals surface area contributed by atoms with Crippen molar-refractivity contribution < 1.29 is 4.74 Å². The van der Waals surface area contributed by atoms with E-state index in [1.54, 1.807) is 0 Å². The number of nitrogens with one attached hydrogen (secondary N) is 1. The van der Waals surface area contributed by atoms with Crippen LogP contribution in [0.15, 0.2) is 24.3 Å². The number of para-hydroxylation sites is 1. The van der Waals surface area contributed by atoms with Gasteiger partial charge in [0.1, 0.15) is 5.75 Å². The van der Waals surface area contributed by atoms with Crippen molar-refractivity contribution in [3.05, 3.63) is 29.8 Å². The maximum atomic E-state index is 5.60. The molecule has 0 saturated heterocycles. The molecule has 0 aromatic heterocycles. The van der Waals surface area contributed by atoms with Crippen molar-refractivity contribution in [3.63, 3.8) is 0 Å². The summed E-state index contributed by atoms with van der Waals surface area (Å²) in [6.07, 6.45) is 0. The monoisotopic (exact) mass is 236 g/mol. The average Bonchev–Trinajstić information content (AvgIpc) is 2.27. The number of rotatable bonds is 7. The highest BCUT2D eigenvalue weighted by molar-refractivity contribution is 5.33. The fourth-order valence-corrected chi connectivity index (χ4v) is 1.84. The van der Waals surface area contributed by atoms with E-state index in [2.05, 4.69) is 43.4 Å². The minimum atomic E-state index is 0.472. The summed E-state index contributed by atoms with van der Waals surface area (Å²) in [7, 11) is 4.18. The molecule has 1 N–H and O–H groups in total. The Morgan fingerprint density at radius 2 is 2.00 bits per heavy atom. The highest BCUT2D eigenvalue weighted by Crippen LogP contribution is 2.17. The van der Waals surface area contributed by atoms with Gasteiger partial charge in [-0.25, -0.2) is 0 Å². The van der Waals surface area contributed by atoms with Crippen LogP contribution in [-0.4, -0.2) is 38.2 Å². The first kappa shape index (κ1) is 14.0. The van der Waals surface area contributed by atoms with Crippen LogP contribution in [0.4, 0.5) is 0 Å². The van der Waals surface area contributed by atoms with Gasteiger partial charge in [0.05, 0.1) is 6.61 Å². The fourth-order valence-electron chi connectivity index (χ4n) is 1.84. The second kappa shape index (κ2) is 7.30. The van der Waals surface area contributed by atoms with Crippen LogP contribution < -0.4 is 10.1 Å². The molecule has 0 spiro atoms. The van der Waals surface area contributed by atoms with E-state index < -0.39 is 0 Å². The van der Waals surface area contributed by atoms with E-state index >= 15 is 0 Å². The number of likely N-dealkylation sites (N-methyl/N-ethyl adjacent to an activating group) is 1. The number of ether oxygens (including phenoxy) is 1. The molecule has 0 heterocycles. The largest absolute Gasteiger partial charge is 0.494 e. The molecule has 0 aliphatic heterocycles. The molecule has 1 atom stereocenters. The van der Waals surface area contributed by atoms with Gasteiger partial charge in [-0.15, -0.1) is 0 Å². The van der Waals surface area contributed by atoms with Crippen molar-refractivity contribution in [2.45, 2.75) is 26.4 Å². The van der Waals surface area contributed by atoms with Gasteiger partial charge < -0.3 is 15.0 Å². The van der Waals surface area contributed by atoms with Crippen LogP contribution >= 0.6 is 0 Å². The van der Waals surface area contributed by atoms with Gasteiger partial charge in [-0.3, -0.25) is 0 Å². The van der Waals surface area contributed by atoms with Gasteiger partial charge in [0.2, 0.25) is 0 Å². The summed E-state index contributed by atoms with van der Waals surface area (Å²) in [4.78, 5) is 2.19. The van der Waals surface area contributed by atoms with Crippen molar-refractivity contribution in [1.82, 2.24) is 10.2 Å². The molecule has 3 heteroatoms. The van der Waals surface area contributed by atoms with Gasteiger partial charge in [0, 0.05) is 24.7 Å². The van der Waals surface area contributed by atoms with E-state index in [1.807, 2.05) is 19.1 Å². The number of hydrogen-bond acceptors (Lipinski definition) is 3. The molecular weight excluding hydrogens is 212 g/mol. The average molecular weight is 236 g/mol. The van der Waals surface area contributed by atoms with Crippen molar-refractivity contribution in [2.24, 2.45) is 0 Å². The zero-order valence-electron chi connectivity index (χ0n) is 11.4. The highest BCUT2D eigenvalue weighted by atomic mass is 16.5. The molecule has 96 valence electrons. The van der Waals surface area contributed by atoms with Crippen molar-refractivity contribution in [2.75, 3.05) is 27.2 Å². The predicted octanol–water partition coefficient (Wildman–Crippen LogP) is 2.12. The summed E-state index contributed by atoms with van der Waals surface area (Å²) in [6, 6.07) is 8.67. The van der Waals surface area contributed by atoms with Gasteiger partial charge in [-0.1, -0.05) is 18.2 Å². The number of nitrogens with zero attached hydrogens (tertiary/aromatic N) is 1. The van der Waals surface area contributed by atoms with E-state index in [0.29, 0.717) is 12.6 Å². The van der Waals surface area contributed by atoms with Crippen LogP contribution in [0.3, 0.4) is 0 Å². The molecule has 0 aliphatic rings. The Kier molecular flexibility index (Phi) is 6.01. The normalized spacial score (nSPS) is 12.8. The third-order valence-electron chi connectivity index (χ3n) is 2.55. The quantitative estimate of drug-likeness (QED) is 0.785. The Hall–Kier alpha value is -1.06. The summed E-state index contributed by atoms with van der Waals surface area (Å²) in [5.74, 6) is 0.986. The highest BCUT2D eigenvalue weighted by Gasteiger charge is 2.05. The lowest BCUT2D eigenvalue weighted by atomic mass is 10.2. The molecule has 0 bridgehead atoms. The van der Waals surface area contributed by atoms with E-state index in [9.17, 15) is 0 Å². The van der Waals surface area contributed by atoms with Gasteiger partial charge >= 0.3 is 0 Å². The first-order valence-corrected chi connectivity index (χ1v) is 6.22. The summed E-state index contributed by atoms with van der Waals surface area (Å²) < 4.78 is 5.60. The summed E-state index contributed by atoms with van der Waals surface area (Å²) >= 11 is 0. The number of benzene rings is 1. The van der Waals surface area contributed by atoms with Crippen molar-refractivity contribution in [3.8, 4) is 5.75 Å². The van der Waals surface area contributed by atoms with E-state index in [1.165, 1.54) is 5.56 Å². The molecule has 0 saturated carbocycles. The third-order valence-corrected chi connectivity index (χ3v) is 2.55. The second-order valence-electron chi connectivity index (χ2n) is 4.58. The van der Waals surface area contributed by atoms with E-state index in [-0.39, 0.29) is 0 Å². The molecular formula is C14H24N2O. The molecule has 0 amide bonds. The Morgan fingerprint density at radius 3 is 2.65 bits per heavy atom. The molecule has 17 heavy (non-hydrogen) atoms. The molecule has 3 nitrogen and oxygen atoms in total. The Balaban J connectivity index is 2.50. The maximum Gasteiger partial charge on any atom is 0.123 e. The minimum Gasteiger partial charge on any atom is -0.494 e. The van der Waals surface area contributed by atoms with Gasteiger partial charge in [0.15, 0.2) is 0 Å². The smallest absolute Gasteiger partial charge is 0.123 e. The Morgan fingerprint density at radius 1 is 1.29 bits per heavy atom. The SMILES string of the molecule is CCOc1ccccc1CNC(C)CN(C)C. The lowest BCUT2D eigenvalue weighted by Gasteiger charge is -2.19. The van der Waals surface area contributed by atoms with Gasteiger partial charge in [0.25, 0.3) is 0 Å². The molecule has 1 aromatic carbocycles. The van der Waals surface area contributed by atoms with Crippen molar-refractivity contribution >= 4 is 0 Å². The zero-order valence-corrected chi connectivity index (χ0v) is 11.4. The van der Waals surface area contributed by atoms with Crippen LogP contribution in [-0.2, 0) is 6.54 Å². The van der Waals surface area contributed by atoms with Crippen LogP contribution in [0.2, 0.25) is 0 Å². The van der Waals surface area contributed by atoms with E-state index in [0.717, 1.165) is 18.8 Å².